The van der Waals surface area contributed by atoms with Crippen molar-refractivity contribution in [1.82, 2.24) is 14.5 Å². The van der Waals surface area contributed by atoms with E-state index in [0.29, 0.717) is 43.0 Å². The number of benzene rings is 1. The average Bonchev–Trinajstić information content (AvgIpc) is 3.39. The van der Waals surface area contributed by atoms with Crippen LogP contribution in [0.1, 0.15) is 5.56 Å². The molecule has 8 nitrogen and oxygen atoms in total. The van der Waals surface area contributed by atoms with Crippen LogP contribution in [0.3, 0.4) is 0 Å². The minimum absolute atomic E-state index is 0.186. The van der Waals surface area contributed by atoms with Crippen LogP contribution in [0.25, 0.3) is 5.69 Å². The fraction of sp³-hybridized carbons (Fsp3) is 0.292. The highest BCUT2D eigenvalue weighted by Gasteiger charge is 2.41. The zero-order valence-electron chi connectivity index (χ0n) is 17.5. The summed E-state index contributed by atoms with van der Waals surface area (Å²) in [6.45, 7) is 3.18. The molecule has 0 radical (unpaired) electrons. The first-order chi connectivity index (χ1) is 15.6. The molecular formula is C24H24N4O4. The molecule has 3 aromatic rings. The third-order valence-corrected chi connectivity index (χ3v) is 6.23. The average molecular weight is 432 g/mol. The van der Waals surface area contributed by atoms with Gasteiger partial charge in [0.05, 0.1) is 11.9 Å². The van der Waals surface area contributed by atoms with E-state index in [2.05, 4.69) is 9.88 Å². The van der Waals surface area contributed by atoms with E-state index in [1.165, 1.54) is 15.5 Å². The largest absolute Gasteiger partial charge is 0.489 e. The van der Waals surface area contributed by atoms with Crippen molar-refractivity contribution >= 4 is 11.9 Å². The summed E-state index contributed by atoms with van der Waals surface area (Å²) in [5.74, 6) is 2.07. The zero-order valence-corrected chi connectivity index (χ0v) is 17.5. The Morgan fingerprint density at radius 3 is 2.41 bits per heavy atom. The van der Waals surface area contributed by atoms with Crippen molar-refractivity contribution in [1.29, 1.82) is 0 Å². The molecule has 2 aliphatic heterocycles. The molecular weight excluding hydrogens is 408 g/mol. The fourth-order valence-corrected chi connectivity index (χ4v) is 4.55. The van der Waals surface area contributed by atoms with Gasteiger partial charge in [-0.2, -0.15) is 0 Å². The SMILES string of the molecule is O=C(O)N1C[C@@H]2CN(c3ccc(-n4ccc(OCc5ccccc5)cc4=O)cn3)C[C@@H]2C1. The molecule has 0 bridgehead atoms. The lowest BCUT2D eigenvalue weighted by atomic mass is 10.0. The number of nitrogens with zero attached hydrogens (tertiary/aromatic N) is 4. The van der Waals surface area contributed by atoms with Crippen LogP contribution in [-0.4, -0.2) is 51.8 Å². The molecule has 2 aliphatic rings. The van der Waals surface area contributed by atoms with E-state index >= 15 is 0 Å². The topological polar surface area (TPSA) is 87.9 Å². The Balaban J connectivity index is 1.24. The molecule has 2 atom stereocenters. The zero-order chi connectivity index (χ0) is 22.1. The number of hydrogen-bond donors (Lipinski definition) is 1. The van der Waals surface area contributed by atoms with Gasteiger partial charge in [-0.3, -0.25) is 9.36 Å². The molecule has 0 aliphatic carbocycles. The van der Waals surface area contributed by atoms with Crippen molar-refractivity contribution in [2.45, 2.75) is 6.61 Å². The van der Waals surface area contributed by atoms with Crippen molar-refractivity contribution in [2.75, 3.05) is 31.1 Å². The lowest BCUT2D eigenvalue weighted by Crippen LogP contribution is -2.32. The maximum atomic E-state index is 12.6. The number of ether oxygens (including phenoxy) is 1. The molecule has 2 fully saturated rings. The number of carboxylic acid groups (broad SMARTS) is 1. The van der Waals surface area contributed by atoms with Gasteiger partial charge in [-0.15, -0.1) is 0 Å². The van der Waals surface area contributed by atoms with Gasteiger partial charge in [0.1, 0.15) is 18.2 Å². The Hall–Kier alpha value is -3.81. The second-order valence-electron chi connectivity index (χ2n) is 8.33. The maximum Gasteiger partial charge on any atom is 0.407 e. The Morgan fingerprint density at radius 1 is 1.03 bits per heavy atom. The third-order valence-electron chi connectivity index (χ3n) is 6.23. The molecule has 2 saturated heterocycles. The summed E-state index contributed by atoms with van der Waals surface area (Å²) in [7, 11) is 0. The molecule has 0 unspecified atom stereocenters. The molecule has 1 aromatic carbocycles. The molecule has 1 N–H and O–H groups in total. The normalized spacial score (nSPS) is 19.8. The van der Waals surface area contributed by atoms with Crippen molar-refractivity contribution in [2.24, 2.45) is 11.8 Å². The number of hydrogen-bond acceptors (Lipinski definition) is 5. The lowest BCUT2D eigenvalue weighted by Gasteiger charge is -2.21. The van der Waals surface area contributed by atoms with E-state index < -0.39 is 6.09 Å². The second-order valence-corrected chi connectivity index (χ2v) is 8.33. The van der Waals surface area contributed by atoms with Crippen LogP contribution < -0.4 is 15.2 Å². The second kappa shape index (κ2) is 8.37. The van der Waals surface area contributed by atoms with Gasteiger partial charge in [0.2, 0.25) is 0 Å². The van der Waals surface area contributed by atoms with Crippen molar-refractivity contribution in [3.05, 3.63) is 82.9 Å². The molecule has 5 rings (SSSR count). The third kappa shape index (κ3) is 4.03. The van der Waals surface area contributed by atoms with Gasteiger partial charge < -0.3 is 19.6 Å². The number of pyridine rings is 2. The smallest absolute Gasteiger partial charge is 0.407 e. The predicted molar refractivity (Wildman–Crippen MR) is 119 cm³/mol. The quantitative estimate of drug-likeness (QED) is 0.667. The van der Waals surface area contributed by atoms with E-state index in [0.717, 1.165) is 24.5 Å². The van der Waals surface area contributed by atoms with Gasteiger partial charge in [0.15, 0.2) is 0 Å². The number of aromatic nitrogens is 2. The molecule has 32 heavy (non-hydrogen) atoms. The molecule has 4 heterocycles. The summed E-state index contributed by atoms with van der Waals surface area (Å²) in [4.78, 5) is 32.0. The van der Waals surface area contributed by atoms with E-state index in [1.54, 1.807) is 18.5 Å². The van der Waals surface area contributed by atoms with E-state index in [9.17, 15) is 14.7 Å². The molecule has 2 aromatic heterocycles. The molecule has 0 spiro atoms. The van der Waals surface area contributed by atoms with Crippen molar-refractivity contribution in [3.63, 3.8) is 0 Å². The highest BCUT2D eigenvalue weighted by molar-refractivity contribution is 5.65. The van der Waals surface area contributed by atoms with Crippen LogP contribution in [0.4, 0.5) is 10.6 Å². The van der Waals surface area contributed by atoms with Crippen LogP contribution in [0, 0.1) is 11.8 Å². The number of likely N-dealkylation sites (tertiary alicyclic amines) is 1. The highest BCUT2D eigenvalue weighted by Crippen LogP contribution is 2.33. The molecule has 1 amide bonds. The Labute approximate surface area is 185 Å². The number of rotatable bonds is 5. The highest BCUT2D eigenvalue weighted by atomic mass is 16.5. The summed E-state index contributed by atoms with van der Waals surface area (Å²) < 4.78 is 7.27. The Bertz CT molecular complexity index is 1150. The lowest BCUT2D eigenvalue weighted by molar-refractivity contribution is 0.153. The first-order valence-electron chi connectivity index (χ1n) is 10.7. The van der Waals surface area contributed by atoms with E-state index in [-0.39, 0.29) is 5.56 Å². The monoisotopic (exact) mass is 432 g/mol. The van der Waals surface area contributed by atoms with E-state index in [1.807, 2.05) is 42.5 Å². The number of fused-ring (bicyclic) bond motifs is 1. The summed E-state index contributed by atoms with van der Waals surface area (Å²) in [5, 5.41) is 9.18. The number of anilines is 1. The van der Waals surface area contributed by atoms with Crippen LogP contribution in [0.2, 0.25) is 0 Å². The molecule has 0 saturated carbocycles. The first-order valence-corrected chi connectivity index (χ1v) is 10.7. The Morgan fingerprint density at radius 2 is 1.78 bits per heavy atom. The maximum absolute atomic E-state index is 12.6. The Kier molecular flexibility index (Phi) is 5.26. The molecule has 8 heteroatoms. The summed E-state index contributed by atoms with van der Waals surface area (Å²) in [6.07, 6.45) is 2.55. The minimum atomic E-state index is -0.838. The van der Waals surface area contributed by atoms with Crippen molar-refractivity contribution < 1.29 is 14.6 Å². The fourth-order valence-electron chi connectivity index (χ4n) is 4.55. The van der Waals surface area contributed by atoms with Gasteiger partial charge >= 0.3 is 6.09 Å². The number of amides is 1. The van der Waals surface area contributed by atoms with Crippen LogP contribution >= 0.6 is 0 Å². The van der Waals surface area contributed by atoms with Gasteiger partial charge in [0, 0.05) is 50.3 Å². The van der Waals surface area contributed by atoms with Gasteiger partial charge in [-0.1, -0.05) is 30.3 Å². The van der Waals surface area contributed by atoms with Crippen LogP contribution in [0.15, 0.2) is 71.8 Å². The van der Waals surface area contributed by atoms with Gasteiger partial charge in [0.25, 0.3) is 5.56 Å². The van der Waals surface area contributed by atoms with Gasteiger partial charge in [-0.05, 0) is 23.8 Å². The minimum Gasteiger partial charge on any atom is -0.489 e. The summed E-state index contributed by atoms with van der Waals surface area (Å²) >= 11 is 0. The standard InChI is InChI=1S/C24H24N4O4/c29-23-10-21(32-16-17-4-2-1-3-5-17)8-9-28(23)20-6-7-22(25-11-20)26-12-18-14-27(24(30)31)15-19(18)13-26/h1-11,18-19H,12-16H2,(H,30,31)/t18-,19+. The van der Waals surface area contributed by atoms with Crippen LogP contribution in [0.5, 0.6) is 5.75 Å². The number of carbonyl (C=O) groups is 1. The van der Waals surface area contributed by atoms with E-state index in [4.69, 9.17) is 4.74 Å². The first kappa shape index (κ1) is 20.1. The molecule has 164 valence electrons. The van der Waals surface area contributed by atoms with Crippen molar-refractivity contribution in [3.8, 4) is 11.4 Å². The predicted octanol–water partition coefficient (Wildman–Crippen LogP) is 2.86. The summed E-state index contributed by atoms with van der Waals surface area (Å²) in [6, 6.07) is 16.9. The van der Waals surface area contributed by atoms with Gasteiger partial charge in [-0.25, -0.2) is 9.78 Å². The summed E-state index contributed by atoms with van der Waals surface area (Å²) in [5.41, 5.74) is 1.54. The van der Waals surface area contributed by atoms with Crippen LogP contribution in [-0.2, 0) is 6.61 Å².